The van der Waals surface area contributed by atoms with Crippen LogP contribution < -0.4 is 10.6 Å². The predicted molar refractivity (Wildman–Crippen MR) is 52.6 cm³/mol. The Balaban J connectivity index is 3.37. The van der Waals surface area contributed by atoms with Gasteiger partial charge in [-0.3, -0.25) is 0 Å². The Morgan fingerprint density at radius 3 is 2.54 bits per heavy atom. The first kappa shape index (κ1) is 12.5. The summed E-state index contributed by atoms with van der Waals surface area (Å²) < 4.78 is 3.24. The summed E-state index contributed by atoms with van der Waals surface area (Å²) >= 11 is 0. The zero-order chi connectivity index (χ0) is 10.1. The van der Waals surface area contributed by atoms with E-state index in [0.717, 1.165) is 19.3 Å². The summed E-state index contributed by atoms with van der Waals surface area (Å²) in [5.41, 5.74) is 4.76. The molecule has 0 aliphatic heterocycles. The molecule has 0 radical (unpaired) electrons. The normalized spacial score (nSPS) is 11.7. The molecule has 1 unspecified atom stereocenters. The molecule has 1 atom stereocenters. The van der Waals surface area contributed by atoms with Crippen molar-refractivity contribution in [2.75, 3.05) is 6.16 Å². The van der Waals surface area contributed by atoms with Crippen molar-refractivity contribution < 1.29 is 9.69 Å². The molecule has 0 saturated heterocycles. The van der Waals surface area contributed by atoms with Gasteiger partial charge in [0, 0.05) is 0 Å². The second-order valence-electron chi connectivity index (χ2n) is 2.93. The average molecular weight is 204 g/mol. The van der Waals surface area contributed by atoms with Crippen LogP contribution in [0.5, 0.6) is 0 Å². The number of unbranched alkanes of at least 4 members (excludes halogenated alkanes) is 4. The number of nitrogens with two attached hydrogens (primary N) is 1. The number of nitrogens with zero attached hydrogens (tertiary/aromatic N) is 1. The number of primary amides is 1. The predicted octanol–water partition coefficient (Wildman–Crippen LogP) is 1.98. The van der Waals surface area contributed by atoms with Crippen molar-refractivity contribution in [1.29, 1.82) is 0 Å². The van der Waals surface area contributed by atoms with Crippen LogP contribution in [-0.4, -0.2) is 12.2 Å². The van der Waals surface area contributed by atoms with Crippen molar-refractivity contribution in [3.8, 4) is 0 Å². The topological polar surface area (TPSA) is 78.5 Å². The fraction of sp³-hybridized carbons (Fsp3) is 0.875. The molecule has 0 bridgehead atoms. The molecule has 0 aromatic rings. The van der Waals surface area contributed by atoms with Gasteiger partial charge in [-0.25, -0.2) is 4.79 Å². The van der Waals surface area contributed by atoms with Gasteiger partial charge in [-0.15, -0.1) is 0 Å². The lowest BCUT2D eigenvalue weighted by Gasteiger charge is -1.96. The molecule has 2 amide bonds. The minimum Gasteiger partial charge on any atom is -0.612 e. The Morgan fingerprint density at radius 2 is 2.00 bits per heavy atom. The number of hydrogen-bond donors (Lipinski definition) is 1. The zero-order valence-electron chi connectivity index (χ0n) is 8.03. The molecule has 0 aromatic heterocycles. The number of carbonyl (C=O) groups excluding carboxylic acids is 1. The van der Waals surface area contributed by atoms with Gasteiger partial charge >= 0.3 is 6.03 Å². The fourth-order valence-electron chi connectivity index (χ4n) is 1.01. The quantitative estimate of drug-likeness (QED) is 0.530. The van der Waals surface area contributed by atoms with Crippen molar-refractivity contribution in [2.45, 2.75) is 39.0 Å². The first-order valence-corrected chi connectivity index (χ1v) is 6.02. The maximum absolute atomic E-state index is 11.0. The third-order valence-corrected chi connectivity index (χ3v) is 2.78. The molecule has 0 spiro atoms. The number of amides is 2. The van der Waals surface area contributed by atoms with E-state index in [1.54, 1.807) is 0 Å². The number of hydrogen-bond acceptors (Lipinski definition) is 2. The summed E-state index contributed by atoms with van der Waals surface area (Å²) in [5.74, 6) is 0. The Labute approximate surface area is 80.1 Å². The Morgan fingerprint density at radius 1 is 1.38 bits per heavy atom. The molecule has 13 heavy (non-hydrogen) atoms. The highest BCUT2D eigenvalue weighted by Crippen LogP contribution is 2.17. The lowest BCUT2D eigenvalue weighted by Crippen LogP contribution is -2.04. The third kappa shape index (κ3) is 9.44. The number of rotatable bonds is 6. The van der Waals surface area contributed by atoms with E-state index in [1.807, 2.05) is 0 Å². The second-order valence-corrected chi connectivity index (χ2v) is 4.28. The van der Waals surface area contributed by atoms with E-state index in [-0.39, 0.29) is 0 Å². The van der Waals surface area contributed by atoms with Crippen molar-refractivity contribution in [1.82, 2.24) is 0 Å². The van der Waals surface area contributed by atoms with E-state index in [9.17, 15) is 9.69 Å². The molecule has 0 saturated carbocycles. The van der Waals surface area contributed by atoms with Crippen LogP contribution in [0, 0.1) is 0 Å². The summed E-state index contributed by atoms with van der Waals surface area (Å²) in [6.07, 6.45) is 5.98. The third-order valence-electron chi connectivity index (χ3n) is 1.66. The molecule has 0 heterocycles. The Hall–Kier alpha value is -0.470. The van der Waals surface area contributed by atoms with Crippen molar-refractivity contribution in [3.63, 3.8) is 0 Å². The Kier molecular flexibility index (Phi) is 7.85. The number of urea groups is 1. The molecule has 76 valence electrons. The monoisotopic (exact) mass is 204 g/mol. The van der Waals surface area contributed by atoms with Crippen LogP contribution in [-0.2, 0) is 0 Å². The van der Waals surface area contributed by atoms with Gasteiger partial charge in [0.05, 0.1) is 0 Å². The lowest BCUT2D eigenvalue weighted by atomic mass is 10.2. The second kappa shape index (κ2) is 8.14. The fourth-order valence-corrected chi connectivity index (χ4v) is 1.82. The highest BCUT2D eigenvalue weighted by molar-refractivity contribution is 7.39. The Bertz CT molecular complexity index is 183. The molecule has 0 fully saturated rings. The summed E-state index contributed by atoms with van der Waals surface area (Å²) in [7, 11) is -1.74. The largest absolute Gasteiger partial charge is 0.612 e. The smallest absolute Gasteiger partial charge is 0.376 e. The van der Waals surface area contributed by atoms with Gasteiger partial charge in [0.25, 0.3) is 0 Å². The maximum atomic E-state index is 11.0. The highest BCUT2D eigenvalue weighted by atomic mass is 31.1. The van der Waals surface area contributed by atoms with E-state index in [0.29, 0.717) is 6.16 Å². The van der Waals surface area contributed by atoms with Crippen LogP contribution in [0.1, 0.15) is 39.0 Å². The molecule has 2 N–H and O–H groups in total. The highest BCUT2D eigenvalue weighted by Gasteiger charge is 2.01. The zero-order valence-corrected chi connectivity index (χ0v) is 8.93. The van der Waals surface area contributed by atoms with E-state index in [2.05, 4.69) is 11.7 Å². The molecular formula is C8H17N2O2P. The number of carbonyl (C=O) groups is 1. The van der Waals surface area contributed by atoms with Crippen molar-refractivity contribution >= 4 is 14.0 Å². The summed E-state index contributed by atoms with van der Waals surface area (Å²) in [6.45, 7) is 2.14. The van der Waals surface area contributed by atoms with Gasteiger partial charge in [-0.1, -0.05) is 26.2 Å². The minimum atomic E-state index is -1.74. The van der Waals surface area contributed by atoms with E-state index >= 15 is 0 Å². The van der Waals surface area contributed by atoms with Crippen molar-refractivity contribution in [3.05, 3.63) is 0 Å². The van der Waals surface area contributed by atoms with Crippen LogP contribution >= 0.6 is 7.94 Å². The summed E-state index contributed by atoms with van der Waals surface area (Å²) in [5, 5.41) is 0. The summed E-state index contributed by atoms with van der Waals surface area (Å²) in [4.78, 5) is 21.2. The van der Waals surface area contributed by atoms with Gasteiger partial charge in [0.2, 0.25) is 0 Å². The van der Waals surface area contributed by atoms with Crippen molar-refractivity contribution in [2.24, 2.45) is 10.5 Å². The molecule has 0 aliphatic rings. The minimum absolute atomic E-state index is 0.488. The standard InChI is InChI=1S/C8H17N2O2P/c1-2-3-4-5-6-7-13(12)10-8(9)11/h2-7H2,1H3,(H2,9,11). The van der Waals surface area contributed by atoms with Crippen LogP contribution in [0.15, 0.2) is 4.74 Å². The molecule has 0 aliphatic carbocycles. The van der Waals surface area contributed by atoms with E-state index in [1.165, 1.54) is 12.8 Å². The SMILES string of the molecule is CCCCCCC[P+]([O-])=NC(N)=O. The lowest BCUT2D eigenvalue weighted by molar-refractivity contribution is -0.155. The van der Waals surface area contributed by atoms with Gasteiger partial charge in [-0.2, -0.15) is 0 Å². The molecule has 4 nitrogen and oxygen atoms in total. The molecule has 0 rings (SSSR count). The van der Waals surface area contributed by atoms with Crippen LogP contribution in [0.25, 0.3) is 0 Å². The first-order chi connectivity index (χ1) is 6.16. The maximum Gasteiger partial charge on any atom is 0.376 e. The van der Waals surface area contributed by atoms with E-state index in [4.69, 9.17) is 5.73 Å². The van der Waals surface area contributed by atoms with Crippen LogP contribution in [0.4, 0.5) is 4.79 Å². The molecule has 5 heteroatoms. The van der Waals surface area contributed by atoms with E-state index < -0.39 is 14.0 Å². The van der Waals surface area contributed by atoms with Gasteiger partial charge < -0.3 is 10.6 Å². The van der Waals surface area contributed by atoms with Gasteiger partial charge in [-0.05, 0) is 17.6 Å². The molecule has 0 aromatic carbocycles. The van der Waals surface area contributed by atoms with Crippen LogP contribution in [0.2, 0.25) is 0 Å². The summed E-state index contributed by atoms with van der Waals surface area (Å²) in [6, 6.07) is -0.824. The average Bonchev–Trinajstić information content (AvgIpc) is 2.02. The van der Waals surface area contributed by atoms with Crippen LogP contribution in [0.3, 0.4) is 0 Å². The molecular weight excluding hydrogens is 187 g/mol. The van der Waals surface area contributed by atoms with Gasteiger partial charge in [0.15, 0.2) is 7.94 Å². The first-order valence-electron chi connectivity index (χ1n) is 4.62. The van der Waals surface area contributed by atoms with Gasteiger partial charge in [0.1, 0.15) is 6.16 Å².